The Bertz CT molecular complexity index is 508. The molecule has 3 nitrogen and oxygen atoms in total. The molecular formula is C16H19NO2. The van der Waals surface area contributed by atoms with Crippen molar-refractivity contribution in [2.75, 3.05) is 13.7 Å². The van der Waals surface area contributed by atoms with Crippen LogP contribution >= 0.6 is 0 Å². The van der Waals surface area contributed by atoms with Crippen molar-refractivity contribution in [1.82, 2.24) is 5.32 Å². The van der Waals surface area contributed by atoms with Gasteiger partial charge in [-0.15, -0.1) is 0 Å². The molecular weight excluding hydrogens is 238 g/mol. The van der Waals surface area contributed by atoms with Gasteiger partial charge in [-0.05, 0) is 36.4 Å². The van der Waals surface area contributed by atoms with Gasteiger partial charge >= 0.3 is 0 Å². The van der Waals surface area contributed by atoms with Gasteiger partial charge in [-0.25, -0.2) is 0 Å². The molecule has 1 N–H and O–H groups in total. The lowest BCUT2D eigenvalue weighted by Crippen LogP contribution is -2.11. The summed E-state index contributed by atoms with van der Waals surface area (Å²) in [5.74, 6) is 2.40. The Labute approximate surface area is 114 Å². The van der Waals surface area contributed by atoms with Gasteiger partial charge in [-0.2, -0.15) is 0 Å². The predicted molar refractivity (Wildman–Crippen MR) is 76.9 cm³/mol. The number of ether oxygens (including phenoxy) is 2. The molecule has 19 heavy (non-hydrogen) atoms. The Hall–Kier alpha value is -2.00. The van der Waals surface area contributed by atoms with Gasteiger partial charge in [-0.3, -0.25) is 0 Å². The Balaban J connectivity index is 2.02. The van der Waals surface area contributed by atoms with Crippen LogP contribution in [0.4, 0.5) is 0 Å². The molecule has 2 rings (SSSR count). The normalized spacial score (nSPS) is 10.2. The van der Waals surface area contributed by atoms with E-state index in [-0.39, 0.29) is 0 Å². The summed E-state index contributed by atoms with van der Waals surface area (Å²) in [6.07, 6.45) is 0. The van der Waals surface area contributed by atoms with E-state index in [9.17, 15) is 0 Å². The van der Waals surface area contributed by atoms with Crippen molar-refractivity contribution in [3.8, 4) is 17.2 Å². The standard InChI is InChI=1S/C16H19NO2/c1-3-17-12-13-7-9-14(10-8-13)19-16-6-4-5-15(11-16)18-2/h4-11,17H,3,12H2,1-2H3. The topological polar surface area (TPSA) is 30.5 Å². The summed E-state index contributed by atoms with van der Waals surface area (Å²) >= 11 is 0. The van der Waals surface area contributed by atoms with E-state index in [0.717, 1.165) is 30.3 Å². The molecule has 0 amide bonds. The number of rotatable bonds is 6. The molecule has 0 heterocycles. The quantitative estimate of drug-likeness (QED) is 0.857. The van der Waals surface area contributed by atoms with Crippen LogP contribution in [0, 0.1) is 0 Å². The lowest BCUT2D eigenvalue weighted by molar-refractivity contribution is 0.409. The summed E-state index contributed by atoms with van der Waals surface area (Å²) in [5.41, 5.74) is 1.25. The summed E-state index contributed by atoms with van der Waals surface area (Å²) in [5, 5.41) is 3.29. The molecule has 0 bridgehead atoms. The smallest absolute Gasteiger partial charge is 0.131 e. The van der Waals surface area contributed by atoms with Crippen LogP contribution in [0.3, 0.4) is 0 Å². The first-order chi connectivity index (χ1) is 9.31. The predicted octanol–water partition coefficient (Wildman–Crippen LogP) is 3.60. The highest BCUT2D eigenvalue weighted by Crippen LogP contribution is 2.25. The zero-order chi connectivity index (χ0) is 13.5. The maximum absolute atomic E-state index is 5.78. The molecule has 3 heteroatoms. The van der Waals surface area contributed by atoms with Crippen molar-refractivity contribution in [1.29, 1.82) is 0 Å². The molecule has 0 radical (unpaired) electrons. The molecule has 100 valence electrons. The monoisotopic (exact) mass is 257 g/mol. The minimum atomic E-state index is 0.777. The van der Waals surface area contributed by atoms with Crippen molar-refractivity contribution in [2.45, 2.75) is 13.5 Å². The second kappa shape index (κ2) is 6.81. The van der Waals surface area contributed by atoms with Gasteiger partial charge in [0, 0.05) is 12.6 Å². The second-order valence-corrected chi connectivity index (χ2v) is 4.21. The Morgan fingerprint density at radius 3 is 2.37 bits per heavy atom. The minimum absolute atomic E-state index is 0.777. The van der Waals surface area contributed by atoms with Crippen molar-refractivity contribution in [2.24, 2.45) is 0 Å². The van der Waals surface area contributed by atoms with E-state index in [1.165, 1.54) is 5.56 Å². The zero-order valence-corrected chi connectivity index (χ0v) is 11.3. The van der Waals surface area contributed by atoms with Crippen LogP contribution in [0.15, 0.2) is 48.5 Å². The molecule has 2 aromatic rings. The summed E-state index contributed by atoms with van der Waals surface area (Å²) < 4.78 is 10.9. The van der Waals surface area contributed by atoms with Gasteiger partial charge in [0.2, 0.25) is 0 Å². The number of methoxy groups -OCH3 is 1. The highest BCUT2D eigenvalue weighted by atomic mass is 16.5. The lowest BCUT2D eigenvalue weighted by Gasteiger charge is -2.08. The SMILES string of the molecule is CCNCc1ccc(Oc2cccc(OC)c2)cc1. The van der Waals surface area contributed by atoms with Crippen LogP contribution in [0.25, 0.3) is 0 Å². The van der Waals surface area contributed by atoms with Crippen LogP contribution in [0.1, 0.15) is 12.5 Å². The molecule has 0 aliphatic rings. The van der Waals surface area contributed by atoms with Crippen molar-refractivity contribution >= 4 is 0 Å². The summed E-state index contributed by atoms with van der Waals surface area (Å²) in [7, 11) is 1.65. The maximum atomic E-state index is 5.78. The first-order valence-electron chi connectivity index (χ1n) is 6.43. The largest absolute Gasteiger partial charge is 0.497 e. The number of nitrogens with one attached hydrogen (secondary N) is 1. The van der Waals surface area contributed by atoms with Crippen molar-refractivity contribution in [3.63, 3.8) is 0 Å². The first kappa shape index (κ1) is 13.4. The highest BCUT2D eigenvalue weighted by Gasteiger charge is 1.99. The van der Waals surface area contributed by atoms with E-state index in [4.69, 9.17) is 9.47 Å². The lowest BCUT2D eigenvalue weighted by atomic mass is 10.2. The fourth-order valence-electron chi connectivity index (χ4n) is 1.75. The van der Waals surface area contributed by atoms with Gasteiger partial charge in [0.05, 0.1) is 7.11 Å². The van der Waals surface area contributed by atoms with Crippen LogP contribution in [0.2, 0.25) is 0 Å². The Morgan fingerprint density at radius 1 is 0.947 bits per heavy atom. The highest BCUT2D eigenvalue weighted by molar-refractivity contribution is 5.37. The number of hydrogen-bond donors (Lipinski definition) is 1. The molecule has 0 aliphatic heterocycles. The maximum Gasteiger partial charge on any atom is 0.131 e. The van der Waals surface area contributed by atoms with Crippen LogP contribution < -0.4 is 14.8 Å². The van der Waals surface area contributed by atoms with Gasteiger partial charge in [0.25, 0.3) is 0 Å². The second-order valence-electron chi connectivity index (χ2n) is 4.21. The van der Waals surface area contributed by atoms with E-state index in [0.29, 0.717) is 0 Å². The molecule has 0 unspecified atom stereocenters. The van der Waals surface area contributed by atoms with Gasteiger partial charge in [-0.1, -0.05) is 25.1 Å². The minimum Gasteiger partial charge on any atom is -0.497 e. The van der Waals surface area contributed by atoms with Crippen molar-refractivity contribution in [3.05, 3.63) is 54.1 Å². The van der Waals surface area contributed by atoms with E-state index in [2.05, 4.69) is 24.4 Å². The molecule has 0 aromatic heterocycles. The zero-order valence-electron chi connectivity index (χ0n) is 11.3. The van der Waals surface area contributed by atoms with Crippen LogP contribution in [0.5, 0.6) is 17.2 Å². The molecule has 2 aromatic carbocycles. The van der Waals surface area contributed by atoms with Crippen LogP contribution in [-0.4, -0.2) is 13.7 Å². The third-order valence-corrected chi connectivity index (χ3v) is 2.78. The van der Waals surface area contributed by atoms with Gasteiger partial charge in [0.1, 0.15) is 17.2 Å². The fraction of sp³-hybridized carbons (Fsp3) is 0.250. The average molecular weight is 257 g/mol. The molecule has 0 saturated heterocycles. The Morgan fingerprint density at radius 2 is 1.68 bits per heavy atom. The van der Waals surface area contributed by atoms with E-state index >= 15 is 0 Å². The molecule has 0 spiro atoms. The first-order valence-corrected chi connectivity index (χ1v) is 6.43. The summed E-state index contributed by atoms with van der Waals surface area (Å²) in [4.78, 5) is 0. The van der Waals surface area contributed by atoms with E-state index in [1.54, 1.807) is 7.11 Å². The summed E-state index contributed by atoms with van der Waals surface area (Å²) in [6, 6.07) is 15.7. The molecule has 0 fully saturated rings. The number of benzene rings is 2. The van der Waals surface area contributed by atoms with E-state index < -0.39 is 0 Å². The summed E-state index contributed by atoms with van der Waals surface area (Å²) in [6.45, 7) is 3.96. The average Bonchev–Trinajstić information content (AvgIpc) is 2.47. The van der Waals surface area contributed by atoms with Gasteiger partial charge < -0.3 is 14.8 Å². The van der Waals surface area contributed by atoms with Crippen LogP contribution in [-0.2, 0) is 6.54 Å². The Kier molecular flexibility index (Phi) is 4.81. The fourth-order valence-corrected chi connectivity index (χ4v) is 1.75. The molecule has 0 saturated carbocycles. The van der Waals surface area contributed by atoms with Crippen molar-refractivity contribution < 1.29 is 9.47 Å². The third kappa shape index (κ3) is 4.00. The third-order valence-electron chi connectivity index (χ3n) is 2.78. The molecule has 0 aliphatic carbocycles. The number of hydrogen-bond acceptors (Lipinski definition) is 3. The van der Waals surface area contributed by atoms with E-state index in [1.807, 2.05) is 36.4 Å². The van der Waals surface area contributed by atoms with Gasteiger partial charge in [0.15, 0.2) is 0 Å². The molecule has 0 atom stereocenters.